The van der Waals surface area contributed by atoms with Crippen LogP contribution >= 0.6 is 0 Å². The Kier molecular flexibility index (Phi) is 6.24. The predicted octanol–water partition coefficient (Wildman–Crippen LogP) is 4.28. The van der Waals surface area contributed by atoms with E-state index in [2.05, 4.69) is 0 Å². The normalized spacial score (nSPS) is 16.3. The number of ether oxygens (including phenoxy) is 1. The number of benzene rings is 2. The molecule has 1 aromatic heterocycles. The minimum atomic E-state index is -0.750. The summed E-state index contributed by atoms with van der Waals surface area (Å²) < 4.78 is 11.4. The van der Waals surface area contributed by atoms with E-state index in [0.29, 0.717) is 36.6 Å². The molecule has 0 saturated heterocycles. The number of aryl methyl sites for hydroxylation is 1. The van der Waals surface area contributed by atoms with Gasteiger partial charge in [0.2, 0.25) is 5.78 Å². The Morgan fingerprint density at radius 3 is 2.70 bits per heavy atom. The Balaban J connectivity index is 1.79. The Morgan fingerprint density at radius 1 is 1.18 bits per heavy atom. The molecule has 7 heteroatoms. The SMILES string of the molecule is CCOc1cccc(C2C(C(=O)c3cc4cc(C)ccc4o3)=C(O)C(=O)N2CCN(C)C)c1. The van der Waals surface area contributed by atoms with Crippen molar-refractivity contribution in [2.75, 3.05) is 33.8 Å². The van der Waals surface area contributed by atoms with Crippen LogP contribution in [0.4, 0.5) is 0 Å². The number of rotatable bonds is 8. The summed E-state index contributed by atoms with van der Waals surface area (Å²) in [7, 11) is 3.81. The van der Waals surface area contributed by atoms with Gasteiger partial charge in [0.15, 0.2) is 11.5 Å². The van der Waals surface area contributed by atoms with Gasteiger partial charge in [-0.05, 0) is 63.8 Å². The smallest absolute Gasteiger partial charge is 0.290 e. The molecule has 0 saturated carbocycles. The van der Waals surface area contributed by atoms with Gasteiger partial charge in [-0.1, -0.05) is 23.8 Å². The highest BCUT2D eigenvalue weighted by Crippen LogP contribution is 2.40. The van der Waals surface area contributed by atoms with Crippen LogP contribution in [0.1, 0.15) is 34.6 Å². The fraction of sp³-hybridized carbons (Fsp3) is 0.308. The van der Waals surface area contributed by atoms with Gasteiger partial charge in [0.05, 0.1) is 18.2 Å². The van der Waals surface area contributed by atoms with Gasteiger partial charge in [0.1, 0.15) is 11.3 Å². The fourth-order valence-electron chi connectivity index (χ4n) is 4.12. The Bertz CT molecular complexity index is 1240. The van der Waals surface area contributed by atoms with Crippen LogP contribution in [0.15, 0.2) is 64.3 Å². The molecule has 2 heterocycles. The maximum atomic E-state index is 13.6. The monoisotopic (exact) mass is 448 g/mol. The molecular weight excluding hydrogens is 420 g/mol. The van der Waals surface area contributed by atoms with E-state index in [1.807, 2.05) is 69.2 Å². The largest absolute Gasteiger partial charge is 0.503 e. The Morgan fingerprint density at radius 2 is 1.97 bits per heavy atom. The standard InChI is InChI=1S/C26H28N2O5/c1-5-32-19-8-6-7-17(14-19)23-22(25(30)26(31)28(23)12-11-27(3)4)24(29)21-15-18-13-16(2)9-10-20(18)33-21/h6-10,13-15,23,30H,5,11-12H2,1-4H3. The van der Waals surface area contributed by atoms with E-state index in [-0.39, 0.29) is 11.3 Å². The first-order valence-electron chi connectivity index (χ1n) is 11.0. The number of aliphatic hydroxyl groups excluding tert-OH is 1. The van der Waals surface area contributed by atoms with E-state index in [4.69, 9.17) is 9.15 Å². The number of hydrogen-bond acceptors (Lipinski definition) is 6. The molecule has 33 heavy (non-hydrogen) atoms. The van der Waals surface area contributed by atoms with Crippen LogP contribution < -0.4 is 4.74 Å². The zero-order valence-corrected chi connectivity index (χ0v) is 19.3. The molecule has 7 nitrogen and oxygen atoms in total. The number of furan rings is 1. The lowest BCUT2D eigenvalue weighted by molar-refractivity contribution is -0.129. The van der Waals surface area contributed by atoms with Gasteiger partial charge in [0, 0.05) is 18.5 Å². The molecule has 1 amide bonds. The summed E-state index contributed by atoms with van der Waals surface area (Å²) in [6, 6.07) is 13.8. The molecule has 1 atom stereocenters. The molecule has 1 N–H and O–H groups in total. The van der Waals surface area contributed by atoms with Crippen LogP contribution in [0.5, 0.6) is 5.75 Å². The summed E-state index contributed by atoms with van der Waals surface area (Å²) >= 11 is 0. The quantitative estimate of drug-likeness (QED) is 0.518. The molecule has 3 aromatic rings. The second-order valence-corrected chi connectivity index (χ2v) is 8.45. The number of likely N-dealkylation sites (N-methyl/N-ethyl adjacent to an activating group) is 1. The number of carbonyl (C=O) groups excluding carboxylic acids is 2. The van der Waals surface area contributed by atoms with Gasteiger partial charge in [-0.3, -0.25) is 9.59 Å². The summed E-state index contributed by atoms with van der Waals surface area (Å²) in [5.41, 5.74) is 2.32. The molecule has 0 fully saturated rings. The van der Waals surface area contributed by atoms with Crippen LogP contribution in [-0.2, 0) is 4.79 Å². The zero-order chi connectivity index (χ0) is 23.7. The third-order valence-electron chi connectivity index (χ3n) is 5.72. The summed E-state index contributed by atoms with van der Waals surface area (Å²) in [6.45, 7) is 5.26. The molecule has 0 aliphatic carbocycles. The number of nitrogens with zero attached hydrogens (tertiary/aromatic N) is 2. The average Bonchev–Trinajstić information content (AvgIpc) is 3.31. The van der Waals surface area contributed by atoms with E-state index < -0.39 is 23.5 Å². The van der Waals surface area contributed by atoms with Crippen molar-refractivity contribution in [1.29, 1.82) is 0 Å². The molecule has 0 bridgehead atoms. The molecule has 4 rings (SSSR count). The van der Waals surface area contributed by atoms with Gasteiger partial charge >= 0.3 is 0 Å². The van der Waals surface area contributed by atoms with Crippen molar-refractivity contribution in [3.63, 3.8) is 0 Å². The summed E-state index contributed by atoms with van der Waals surface area (Å²) in [5.74, 6) is -0.896. The van der Waals surface area contributed by atoms with E-state index in [1.54, 1.807) is 12.1 Å². The second-order valence-electron chi connectivity index (χ2n) is 8.45. The second kappa shape index (κ2) is 9.11. The lowest BCUT2D eigenvalue weighted by atomic mass is 9.94. The Labute approximate surface area is 192 Å². The molecule has 0 spiro atoms. The van der Waals surface area contributed by atoms with Gasteiger partial charge < -0.3 is 24.1 Å². The number of hydrogen-bond donors (Lipinski definition) is 1. The Hall–Kier alpha value is -3.58. The predicted molar refractivity (Wildman–Crippen MR) is 126 cm³/mol. The number of carbonyl (C=O) groups is 2. The molecular formula is C26H28N2O5. The topological polar surface area (TPSA) is 83.2 Å². The first-order chi connectivity index (χ1) is 15.8. The van der Waals surface area contributed by atoms with Gasteiger partial charge in [-0.15, -0.1) is 0 Å². The van der Waals surface area contributed by atoms with Crippen molar-refractivity contribution >= 4 is 22.7 Å². The van der Waals surface area contributed by atoms with E-state index in [0.717, 1.165) is 10.9 Å². The molecule has 2 aromatic carbocycles. The third-order valence-corrected chi connectivity index (χ3v) is 5.72. The van der Waals surface area contributed by atoms with Gasteiger partial charge in [-0.2, -0.15) is 0 Å². The van der Waals surface area contributed by atoms with Crippen LogP contribution in [0.25, 0.3) is 11.0 Å². The van der Waals surface area contributed by atoms with Crippen LogP contribution in [-0.4, -0.2) is 60.4 Å². The van der Waals surface area contributed by atoms with E-state index in [1.165, 1.54) is 4.90 Å². The average molecular weight is 449 g/mol. The van der Waals surface area contributed by atoms with Crippen molar-refractivity contribution in [3.05, 3.63) is 76.8 Å². The number of ketones is 1. The van der Waals surface area contributed by atoms with E-state index >= 15 is 0 Å². The highest BCUT2D eigenvalue weighted by Gasteiger charge is 2.44. The molecule has 172 valence electrons. The van der Waals surface area contributed by atoms with Crippen molar-refractivity contribution in [1.82, 2.24) is 9.80 Å². The summed E-state index contributed by atoms with van der Waals surface area (Å²) in [6.07, 6.45) is 0. The van der Waals surface area contributed by atoms with Crippen molar-refractivity contribution in [2.24, 2.45) is 0 Å². The lowest BCUT2D eigenvalue weighted by Crippen LogP contribution is -2.36. The van der Waals surface area contributed by atoms with Crippen LogP contribution in [0.2, 0.25) is 0 Å². The minimum Gasteiger partial charge on any atom is -0.503 e. The van der Waals surface area contributed by atoms with Gasteiger partial charge in [0.25, 0.3) is 5.91 Å². The summed E-state index contributed by atoms with van der Waals surface area (Å²) in [5, 5.41) is 11.6. The molecule has 1 unspecified atom stereocenters. The highest BCUT2D eigenvalue weighted by molar-refractivity contribution is 6.16. The summed E-state index contributed by atoms with van der Waals surface area (Å²) in [4.78, 5) is 30.1. The number of fused-ring (bicyclic) bond motifs is 1. The van der Waals surface area contributed by atoms with Gasteiger partial charge in [-0.25, -0.2) is 0 Å². The number of aliphatic hydroxyl groups is 1. The van der Waals surface area contributed by atoms with Crippen LogP contribution in [0.3, 0.4) is 0 Å². The molecule has 1 aliphatic heterocycles. The lowest BCUT2D eigenvalue weighted by Gasteiger charge is -2.28. The van der Waals surface area contributed by atoms with Crippen molar-refractivity contribution in [2.45, 2.75) is 19.9 Å². The van der Waals surface area contributed by atoms with Crippen molar-refractivity contribution in [3.8, 4) is 5.75 Å². The highest BCUT2D eigenvalue weighted by atomic mass is 16.5. The maximum Gasteiger partial charge on any atom is 0.290 e. The van der Waals surface area contributed by atoms with Crippen LogP contribution in [0, 0.1) is 6.92 Å². The minimum absolute atomic E-state index is 0.0168. The maximum absolute atomic E-state index is 13.6. The van der Waals surface area contributed by atoms with E-state index in [9.17, 15) is 14.7 Å². The fourth-order valence-corrected chi connectivity index (χ4v) is 4.12. The first-order valence-corrected chi connectivity index (χ1v) is 11.0. The zero-order valence-electron chi connectivity index (χ0n) is 19.3. The number of Topliss-reactive ketones (excluding diaryl/α,β-unsaturated/α-hetero) is 1. The van der Waals surface area contributed by atoms with Crippen molar-refractivity contribution < 1.29 is 23.8 Å². The first kappa shape index (κ1) is 22.6. The molecule has 0 radical (unpaired) electrons. The number of amides is 1. The third kappa shape index (κ3) is 4.36. The molecule has 1 aliphatic rings.